The number of rotatable bonds is 7. The van der Waals surface area contributed by atoms with Crippen LogP contribution in [0.1, 0.15) is 18.7 Å². The summed E-state index contributed by atoms with van der Waals surface area (Å²) in [5, 5.41) is 15.1. The molecule has 10 nitrogen and oxygen atoms in total. The first kappa shape index (κ1) is 21.9. The molecule has 168 valence electrons. The Morgan fingerprint density at radius 1 is 0.909 bits per heavy atom. The quantitative estimate of drug-likeness (QED) is 0.569. The molecule has 10 heteroatoms. The first-order valence-electron chi connectivity index (χ1n) is 10.2. The Labute approximate surface area is 190 Å². The van der Waals surface area contributed by atoms with Crippen LogP contribution in [0.2, 0.25) is 0 Å². The number of carbonyl (C=O) groups is 2. The zero-order valence-electron chi connectivity index (χ0n) is 18.2. The summed E-state index contributed by atoms with van der Waals surface area (Å²) in [5.41, 5.74) is 5.42. The van der Waals surface area contributed by atoms with Gasteiger partial charge in [-0.3, -0.25) is 9.59 Å². The molecule has 3 aromatic rings. The highest BCUT2D eigenvalue weighted by atomic mass is 16.5. The van der Waals surface area contributed by atoms with Gasteiger partial charge in [0.1, 0.15) is 28.6 Å². The number of aromatic nitrogens is 3. The molecule has 1 aromatic heterocycles. The van der Waals surface area contributed by atoms with Gasteiger partial charge in [-0.2, -0.15) is 5.10 Å². The van der Waals surface area contributed by atoms with Gasteiger partial charge in [0.05, 0.1) is 20.8 Å². The van der Waals surface area contributed by atoms with E-state index in [2.05, 4.69) is 31.0 Å². The molecule has 2 amide bonds. The van der Waals surface area contributed by atoms with E-state index in [0.29, 0.717) is 17.2 Å². The Morgan fingerprint density at radius 2 is 1.52 bits per heavy atom. The molecule has 0 aliphatic carbocycles. The van der Waals surface area contributed by atoms with Crippen molar-refractivity contribution >= 4 is 17.5 Å². The molecule has 4 rings (SSSR count). The molecule has 2 N–H and O–H groups in total. The van der Waals surface area contributed by atoms with Crippen LogP contribution in [0.4, 0.5) is 0 Å². The average Bonchev–Trinajstić information content (AvgIpc) is 2.87. The van der Waals surface area contributed by atoms with Crippen LogP contribution in [-0.2, 0) is 16.1 Å². The lowest BCUT2D eigenvalue weighted by Crippen LogP contribution is -2.36. The van der Waals surface area contributed by atoms with Gasteiger partial charge in [-0.25, -0.2) is 10.4 Å². The minimum Gasteiger partial charge on any atom is -0.497 e. The lowest BCUT2D eigenvalue weighted by Gasteiger charge is -2.13. The summed E-state index contributed by atoms with van der Waals surface area (Å²) < 4.78 is 10.5. The van der Waals surface area contributed by atoms with E-state index in [9.17, 15) is 9.59 Å². The molecule has 2 heterocycles. The second-order valence-electron chi connectivity index (χ2n) is 7.16. The number of hydrogen-bond donors (Lipinski definition) is 2. The molecule has 0 saturated heterocycles. The van der Waals surface area contributed by atoms with Crippen molar-refractivity contribution in [2.45, 2.75) is 19.4 Å². The maximum atomic E-state index is 12.4. The van der Waals surface area contributed by atoms with E-state index >= 15 is 0 Å². The number of nitrogens with one attached hydrogen (secondary N) is 2. The third kappa shape index (κ3) is 5.12. The minimum absolute atomic E-state index is 0.0604. The Hall–Kier alpha value is -4.34. The fraction of sp³-hybridized carbons (Fsp3) is 0.217. The van der Waals surface area contributed by atoms with Gasteiger partial charge in [-0.05, 0) is 48.5 Å². The van der Waals surface area contributed by atoms with Gasteiger partial charge in [0, 0.05) is 24.0 Å². The van der Waals surface area contributed by atoms with Crippen molar-refractivity contribution in [2.24, 2.45) is 5.10 Å². The van der Waals surface area contributed by atoms with Crippen LogP contribution < -0.4 is 20.2 Å². The van der Waals surface area contributed by atoms with Crippen molar-refractivity contribution in [3.8, 4) is 34.0 Å². The van der Waals surface area contributed by atoms with Crippen molar-refractivity contribution in [3.63, 3.8) is 0 Å². The second kappa shape index (κ2) is 9.86. The summed E-state index contributed by atoms with van der Waals surface area (Å²) in [5.74, 6) is 1.19. The van der Waals surface area contributed by atoms with E-state index < -0.39 is 0 Å². The smallest absolute Gasteiger partial charge is 0.267 e. The maximum Gasteiger partial charge on any atom is 0.267 e. The number of hydrazone groups is 1. The molecule has 1 aliphatic heterocycles. The summed E-state index contributed by atoms with van der Waals surface area (Å²) in [4.78, 5) is 28.2. The van der Waals surface area contributed by atoms with Gasteiger partial charge in [-0.15, -0.1) is 10.2 Å². The lowest BCUT2D eigenvalue weighted by atomic mass is 10.0. The predicted molar refractivity (Wildman–Crippen MR) is 120 cm³/mol. The lowest BCUT2D eigenvalue weighted by molar-refractivity contribution is -0.121. The van der Waals surface area contributed by atoms with E-state index in [1.165, 1.54) is 0 Å². The number of carbonyl (C=O) groups excluding carboxylic acids is 2. The van der Waals surface area contributed by atoms with E-state index in [-0.39, 0.29) is 36.9 Å². The summed E-state index contributed by atoms with van der Waals surface area (Å²) in [6, 6.07) is 14.9. The van der Waals surface area contributed by atoms with Crippen molar-refractivity contribution in [2.75, 3.05) is 14.2 Å². The SMILES string of the molecule is COc1ccc(-c2nnc(CNC(=O)C3=NNC(=O)CC3)nc2-c2ccc(OC)cc2)cc1. The molecule has 0 radical (unpaired) electrons. The fourth-order valence-corrected chi connectivity index (χ4v) is 3.23. The van der Waals surface area contributed by atoms with Gasteiger partial charge in [0.25, 0.3) is 5.91 Å². The third-order valence-electron chi connectivity index (χ3n) is 5.03. The molecule has 2 aromatic carbocycles. The number of methoxy groups -OCH3 is 2. The highest BCUT2D eigenvalue weighted by Crippen LogP contribution is 2.30. The largest absolute Gasteiger partial charge is 0.497 e. The maximum absolute atomic E-state index is 12.4. The Kier molecular flexibility index (Phi) is 6.53. The van der Waals surface area contributed by atoms with Crippen molar-refractivity contribution in [3.05, 3.63) is 54.4 Å². The summed E-state index contributed by atoms with van der Waals surface area (Å²) >= 11 is 0. The van der Waals surface area contributed by atoms with Gasteiger partial charge in [0.15, 0.2) is 5.82 Å². The summed E-state index contributed by atoms with van der Waals surface area (Å²) in [7, 11) is 3.21. The number of nitrogens with zero attached hydrogens (tertiary/aromatic N) is 4. The molecule has 0 bridgehead atoms. The number of benzene rings is 2. The molecular formula is C23H22N6O4. The molecule has 0 saturated carbocycles. The van der Waals surface area contributed by atoms with Gasteiger partial charge < -0.3 is 14.8 Å². The van der Waals surface area contributed by atoms with Crippen LogP contribution in [0, 0.1) is 0 Å². The Morgan fingerprint density at radius 3 is 2.06 bits per heavy atom. The van der Waals surface area contributed by atoms with E-state index in [0.717, 1.165) is 22.6 Å². The first-order chi connectivity index (χ1) is 16.1. The standard InChI is InChI=1S/C23H22N6O4/c1-32-16-7-3-14(4-8-16)21-22(15-5-9-17(33-2)10-6-15)29-27-19(25-21)13-24-23(31)18-11-12-20(30)28-26-18/h3-10H,11-13H2,1-2H3,(H,24,31)(H,28,30). The minimum atomic E-state index is -0.385. The Bertz CT molecular complexity index is 1190. The van der Waals surface area contributed by atoms with Crippen molar-refractivity contribution in [1.82, 2.24) is 25.9 Å². The average molecular weight is 446 g/mol. The molecule has 33 heavy (non-hydrogen) atoms. The highest BCUT2D eigenvalue weighted by molar-refractivity contribution is 6.39. The Balaban J connectivity index is 1.62. The normalized spacial score (nSPS) is 13.0. The summed E-state index contributed by atoms with van der Waals surface area (Å²) in [6.07, 6.45) is 0.507. The zero-order valence-corrected chi connectivity index (χ0v) is 18.2. The van der Waals surface area contributed by atoms with Crippen LogP contribution >= 0.6 is 0 Å². The van der Waals surface area contributed by atoms with Crippen LogP contribution in [-0.4, -0.2) is 46.9 Å². The molecule has 0 atom stereocenters. The second-order valence-corrected chi connectivity index (χ2v) is 7.16. The predicted octanol–water partition coefficient (Wildman–Crippen LogP) is 2.10. The third-order valence-corrected chi connectivity index (χ3v) is 5.03. The number of amides is 2. The summed E-state index contributed by atoms with van der Waals surface area (Å²) in [6.45, 7) is 0.0604. The highest BCUT2D eigenvalue weighted by Gasteiger charge is 2.19. The van der Waals surface area contributed by atoms with E-state index in [4.69, 9.17) is 9.47 Å². The van der Waals surface area contributed by atoms with E-state index in [1.54, 1.807) is 14.2 Å². The topological polar surface area (TPSA) is 128 Å². The molecule has 0 fully saturated rings. The monoisotopic (exact) mass is 446 g/mol. The van der Waals surface area contributed by atoms with Gasteiger partial charge in [-0.1, -0.05) is 0 Å². The fourth-order valence-electron chi connectivity index (χ4n) is 3.23. The van der Waals surface area contributed by atoms with Gasteiger partial charge >= 0.3 is 0 Å². The van der Waals surface area contributed by atoms with Crippen LogP contribution in [0.5, 0.6) is 11.5 Å². The zero-order chi connectivity index (χ0) is 23.2. The van der Waals surface area contributed by atoms with Crippen LogP contribution in [0.3, 0.4) is 0 Å². The molecule has 0 spiro atoms. The van der Waals surface area contributed by atoms with Crippen LogP contribution in [0.25, 0.3) is 22.5 Å². The molecular weight excluding hydrogens is 424 g/mol. The van der Waals surface area contributed by atoms with Gasteiger partial charge in [0.2, 0.25) is 5.91 Å². The van der Waals surface area contributed by atoms with Crippen molar-refractivity contribution in [1.29, 1.82) is 0 Å². The van der Waals surface area contributed by atoms with Crippen LogP contribution in [0.15, 0.2) is 53.6 Å². The van der Waals surface area contributed by atoms with Crippen molar-refractivity contribution < 1.29 is 19.1 Å². The number of ether oxygens (including phenoxy) is 2. The molecule has 1 aliphatic rings. The number of hydrogen-bond acceptors (Lipinski definition) is 8. The van der Waals surface area contributed by atoms with E-state index in [1.807, 2.05) is 48.5 Å². The molecule has 0 unspecified atom stereocenters. The first-order valence-corrected chi connectivity index (χ1v) is 10.2.